The first kappa shape index (κ1) is 10.0. The molecule has 1 aliphatic rings. The van der Waals surface area contributed by atoms with Gasteiger partial charge < -0.3 is 0 Å². The zero-order valence-electron chi connectivity index (χ0n) is 8.15. The molecule has 0 N–H and O–H groups in total. The quantitative estimate of drug-likeness (QED) is 0.567. The van der Waals surface area contributed by atoms with Gasteiger partial charge >= 0.3 is 0 Å². The summed E-state index contributed by atoms with van der Waals surface area (Å²) in [6.07, 6.45) is 16.4. The Morgan fingerprint density at radius 2 is 1.31 bits per heavy atom. The van der Waals surface area contributed by atoms with Gasteiger partial charge in [0.05, 0.1) is 0 Å². The minimum absolute atomic E-state index is 0.717. The molecule has 0 aromatic carbocycles. The molecule has 70 valence electrons. The van der Waals surface area contributed by atoms with Crippen molar-refractivity contribution in [3.8, 4) is 0 Å². The largest absolute Gasteiger partial charge is 0.0991 e. The van der Waals surface area contributed by atoms with Crippen LogP contribution in [0, 0.1) is 11.8 Å². The molecule has 0 spiro atoms. The van der Waals surface area contributed by atoms with Crippen molar-refractivity contribution in [1.29, 1.82) is 0 Å². The van der Waals surface area contributed by atoms with Crippen molar-refractivity contribution in [2.45, 2.75) is 19.3 Å². The summed E-state index contributed by atoms with van der Waals surface area (Å²) in [5.41, 5.74) is 0. The lowest BCUT2D eigenvalue weighted by Crippen LogP contribution is -2.00. The molecule has 2 unspecified atom stereocenters. The average molecular weight is 174 g/mol. The lowest BCUT2D eigenvalue weighted by Gasteiger charge is -2.10. The molecule has 0 aliphatic heterocycles. The Kier molecular flexibility index (Phi) is 4.31. The number of hydrogen-bond donors (Lipinski definition) is 0. The third kappa shape index (κ3) is 3.06. The highest BCUT2D eigenvalue weighted by atomic mass is 14.3. The number of hydrogen-bond acceptors (Lipinski definition) is 0. The van der Waals surface area contributed by atoms with Crippen LogP contribution in [0.25, 0.3) is 0 Å². The summed E-state index contributed by atoms with van der Waals surface area (Å²) in [6.45, 7) is 7.38. The van der Waals surface area contributed by atoms with E-state index in [2.05, 4.69) is 37.5 Å². The zero-order chi connectivity index (χ0) is 9.52. The fourth-order valence-electron chi connectivity index (χ4n) is 1.94. The summed E-state index contributed by atoms with van der Waals surface area (Å²) in [4.78, 5) is 0. The van der Waals surface area contributed by atoms with Crippen molar-refractivity contribution in [2.75, 3.05) is 0 Å². The molecule has 0 heterocycles. The van der Waals surface area contributed by atoms with Crippen LogP contribution in [0.1, 0.15) is 19.3 Å². The molecule has 1 fully saturated rings. The molecular formula is C13H18. The van der Waals surface area contributed by atoms with Gasteiger partial charge in [-0.15, -0.1) is 0 Å². The van der Waals surface area contributed by atoms with E-state index in [9.17, 15) is 0 Å². The van der Waals surface area contributed by atoms with Crippen molar-refractivity contribution in [3.05, 3.63) is 49.6 Å². The summed E-state index contributed by atoms with van der Waals surface area (Å²) in [6, 6.07) is 0. The van der Waals surface area contributed by atoms with Gasteiger partial charge in [0, 0.05) is 0 Å². The topological polar surface area (TPSA) is 0 Å². The third-order valence-corrected chi connectivity index (χ3v) is 2.61. The Bertz CT molecular complexity index is 196. The van der Waals surface area contributed by atoms with Crippen LogP contribution < -0.4 is 0 Å². The zero-order valence-corrected chi connectivity index (χ0v) is 8.15. The standard InChI is InChI=1S/C13H18/c1-3-5-8-12-10-7-11-13(12)9-6-4-2/h3-6,8-9,12-13H,1-2,7,10-11H2/b8-5+,9-6+. The molecule has 0 nitrogen and oxygen atoms in total. The monoisotopic (exact) mass is 174 g/mol. The van der Waals surface area contributed by atoms with Crippen LogP contribution in [0.3, 0.4) is 0 Å². The molecule has 0 saturated heterocycles. The van der Waals surface area contributed by atoms with Crippen molar-refractivity contribution < 1.29 is 0 Å². The van der Waals surface area contributed by atoms with Gasteiger partial charge in [-0.25, -0.2) is 0 Å². The summed E-state index contributed by atoms with van der Waals surface area (Å²) < 4.78 is 0. The van der Waals surface area contributed by atoms with Crippen molar-refractivity contribution in [3.63, 3.8) is 0 Å². The van der Waals surface area contributed by atoms with E-state index in [0.29, 0.717) is 11.8 Å². The van der Waals surface area contributed by atoms with Gasteiger partial charge in [-0.1, -0.05) is 56.0 Å². The van der Waals surface area contributed by atoms with Gasteiger partial charge in [-0.2, -0.15) is 0 Å². The first-order valence-corrected chi connectivity index (χ1v) is 4.97. The summed E-state index contributed by atoms with van der Waals surface area (Å²) >= 11 is 0. The predicted molar refractivity (Wildman–Crippen MR) is 59.5 cm³/mol. The second-order valence-electron chi connectivity index (χ2n) is 3.50. The molecule has 0 radical (unpaired) electrons. The fraction of sp³-hybridized carbons (Fsp3) is 0.385. The molecule has 1 rings (SSSR count). The molecular weight excluding hydrogens is 156 g/mol. The molecule has 0 heteroatoms. The van der Waals surface area contributed by atoms with E-state index in [1.165, 1.54) is 19.3 Å². The van der Waals surface area contributed by atoms with Crippen LogP contribution in [-0.2, 0) is 0 Å². The highest BCUT2D eigenvalue weighted by molar-refractivity contribution is 5.09. The van der Waals surface area contributed by atoms with Gasteiger partial charge in [0.25, 0.3) is 0 Å². The van der Waals surface area contributed by atoms with Crippen LogP contribution >= 0.6 is 0 Å². The third-order valence-electron chi connectivity index (χ3n) is 2.61. The maximum Gasteiger partial charge on any atom is -0.0167 e. The number of rotatable bonds is 4. The van der Waals surface area contributed by atoms with Crippen LogP contribution in [0.4, 0.5) is 0 Å². The highest BCUT2D eigenvalue weighted by Crippen LogP contribution is 2.33. The Morgan fingerprint density at radius 1 is 0.846 bits per heavy atom. The summed E-state index contributed by atoms with van der Waals surface area (Å²) in [5.74, 6) is 1.43. The van der Waals surface area contributed by atoms with Gasteiger partial charge in [-0.05, 0) is 24.7 Å². The predicted octanol–water partition coefficient (Wildman–Crippen LogP) is 3.89. The van der Waals surface area contributed by atoms with Crippen LogP contribution in [0.2, 0.25) is 0 Å². The van der Waals surface area contributed by atoms with E-state index in [4.69, 9.17) is 0 Å². The molecule has 1 aliphatic carbocycles. The van der Waals surface area contributed by atoms with Crippen molar-refractivity contribution >= 4 is 0 Å². The Hall–Kier alpha value is -1.04. The fourth-order valence-corrected chi connectivity index (χ4v) is 1.94. The molecule has 0 aromatic heterocycles. The van der Waals surface area contributed by atoms with Crippen LogP contribution in [-0.4, -0.2) is 0 Å². The van der Waals surface area contributed by atoms with E-state index >= 15 is 0 Å². The van der Waals surface area contributed by atoms with Crippen molar-refractivity contribution in [1.82, 2.24) is 0 Å². The lowest BCUT2D eigenvalue weighted by molar-refractivity contribution is 0.558. The van der Waals surface area contributed by atoms with Crippen molar-refractivity contribution in [2.24, 2.45) is 11.8 Å². The highest BCUT2D eigenvalue weighted by Gasteiger charge is 2.21. The van der Waals surface area contributed by atoms with E-state index in [1.807, 2.05) is 12.2 Å². The Labute approximate surface area is 81.4 Å². The smallest absolute Gasteiger partial charge is 0.0167 e. The first-order valence-electron chi connectivity index (χ1n) is 4.97. The number of allylic oxidation sites excluding steroid dienone is 6. The molecule has 0 bridgehead atoms. The summed E-state index contributed by atoms with van der Waals surface area (Å²) in [5, 5.41) is 0. The van der Waals surface area contributed by atoms with Gasteiger partial charge in [0.15, 0.2) is 0 Å². The maximum absolute atomic E-state index is 3.69. The molecule has 0 amide bonds. The first-order chi connectivity index (χ1) is 6.38. The normalized spacial score (nSPS) is 28.6. The van der Waals surface area contributed by atoms with Gasteiger partial charge in [-0.3, -0.25) is 0 Å². The van der Waals surface area contributed by atoms with Gasteiger partial charge in [0.1, 0.15) is 0 Å². The molecule has 1 saturated carbocycles. The minimum Gasteiger partial charge on any atom is -0.0991 e. The Morgan fingerprint density at radius 3 is 1.69 bits per heavy atom. The van der Waals surface area contributed by atoms with E-state index in [1.54, 1.807) is 0 Å². The van der Waals surface area contributed by atoms with Gasteiger partial charge in [0.2, 0.25) is 0 Å². The van der Waals surface area contributed by atoms with Crippen LogP contribution in [0.15, 0.2) is 49.6 Å². The molecule has 2 atom stereocenters. The minimum atomic E-state index is 0.717. The molecule has 13 heavy (non-hydrogen) atoms. The average Bonchev–Trinajstić information content (AvgIpc) is 2.59. The SMILES string of the molecule is C=C/C=C/C1CCCC1/C=C/C=C. The lowest BCUT2D eigenvalue weighted by atomic mass is 9.95. The van der Waals surface area contributed by atoms with E-state index in [-0.39, 0.29) is 0 Å². The van der Waals surface area contributed by atoms with E-state index < -0.39 is 0 Å². The van der Waals surface area contributed by atoms with E-state index in [0.717, 1.165) is 0 Å². The second-order valence-corrected chi connectivity index (χ2v) is 3.50. The summed E-state index contributed by atoms with van der Waals surface area (Å²) in [7, 11) is 0. The molecule has 0 aromatic rings. The van der Waals surface area contributed by atoms with Crippen LogP contribution in [0.5, 0.6) is 0 Å². The Balaban J connectivity index is 2.52. The maximum atomic E-state index is 3.69. The second kappa shape index (κ2) is 5.58.